The van der Waals surface area contributed by atoms with Crippen molar-refractivity contribution >= 4 is 57.8 Å². The van der Waals surface area contributed by atoms with Crippen LogP contribution in [-0.4, -0.2) is 29.7 Å². The van der Waals surface area contributed by atoms with Crippen molar-refractivity contribution in [1.82, 2.24) is 5.32 Å². The predicted octanol–water partition coefficient (Wildman–Crippen LogP) is 4.58. The van der Waals surface area contributed by atoms with Gasteiger partial charge in [-0.2, -0.15) is 0 Å². The molecule has 2 N–H and O–H groups in total. The van der Waals surface area contributed by atoms with Crippen LogP contribution in [0.4, 0.5) is 11.4 Å². The smallest absolute Gasteiger partial charge is 0.271 e. The zero-order valence-electron chi connectivity index (χ0n) is 15.2. The number of ether oxygens (including phenoxy) is 2. The lowest BCUT2D eigenvalue weighted by molar-refractivity contribution is -0.384. The Bertz CT molecular complexity index is 926. The third-order valence-electron chi connectivity index (χ3n) is 3.59. The minimum Gasteiger partial charge on any atom is -0.495 e. The maximum atomic E-state index is 12.0. The highest BCUT2D eigenvalue weighted by atomic mass is 35.5. The highest BCUT2D eigenvalue weighted by molar-refractivity contribution is 7.80. The number of non-ortho nitro benzene ring substituents is 1. The van der Waals surface area contributed by atoms with Crippen molar-refractivity contribution in [3.63, 3.8) is 0 Å². The number of halogens is 2. The number of rotatable bonds is 8. The van der Waals surface area contributed by atoms with E-state index in [2.05, 4.69) is 10.6 Å². The Morgan fingerprint density at radius 3 is 2.59 bits per heavy atom. The van der Waals surface area contributed by atoms with Crippen molar-refractivity contribution in [3.8, 4) is 11.5 Å². The molecule has 0 aliphatic heterocycles. The largest absolute Gasteiger partial charge is 0.495 e. The average molecular weight is 458 g/mol. The van der Waals surface area contributed by atoms with Crippen molar-refractivity contribution in [3.05, 3.63) is 56.6 Å². The lowest BCUT2D eigenvalue weighted by Gasteiger charge is -2.13. The van der Waals surface area contributed by atoms with E-state index in [9.17, 15) is 14.9 Å². The lowest BCUT2D eigenvalue weighted by Crippen LogP contribution is -2.34. The summed E-state index contributed by atoms with van der Waals surface area (Å²) in [7, 11) is 1.42. The molecular weight excluding hydrogens is 441 g/mol. The molecule has 0 aliphatic carbocycles. The number of hydrogen-bond donors (Lipinski definition) is 2. The molecule has 154 valence electrons. The third-order valence-corrected chi connectivity index (χ3v) is 4.33. The number of methoxy groups -OCH3 is 1. The molecule has 0 bridgehead atoms. The van der Waals surface area contributed by atoms with Crippen LogP contribution in [0.3, 0.4) is 0 Å². The fourth-order valence-electron chi connectivity index (χ4n) is 2.26. The molecule has 0 unspecified atom stereocenters. The SMILES string of the molecule is COc1ccc([N+](=O)[O-])cc1NC(=S)NC(=O)CCCOc1ccc(Cl)cc1Cl. The topological polar surface area (TPSA) is 103 Å². The van der Waals surface area contributed by atoms with Gasteiger partial charge in [-0.25, -0.2) is 0 Å². The summed E-state index contributed by atoms with van der Waals surface area (Å²) < 4.78 is 10.6. The molecule has 8 nitrogen and oxygen atoms in total. The summed E-state index contributed by atoms with van der Waals surface area (Å²) in [5.41, 5.74) is 0.133. The van der Waals surface area contributed by atoms with Crippen molar-refractivity contribution in [1.29, 1.82) is 0 Å². The molecule has 1 amide bonds. The van der Waals surface area contributed by atoms with Gasteiger partial charge in [-0.15, -0.1) is 0 Å². The van der Waals surface area contributed by atoms with Crippen LogP contribution in [0.1, 0.15) is 12.8 Å². The van der Waals surface area contributed by atoms with E-state index in [1.54, 1.807) is 18.2 Å². The molecule has 0 heterocycles. The fourth-order valence-corrected chi connectivity index (χ4v) is 2.94. The maximum Gasteiger partial charge on any atom is 0.271 e. The number of benzene rings is 2. The van der Waals surface area contributed by atoms with Crippen LogP contribution in [-0.2, 0) is 4.79 Å². The minimum absolute atomic E-state index is 0.00420. The first-order valence-electron chi connectivity index (χ1n) is 8.31. The maximum absolute atomic E-state index is 12.0. The number of carbonyl (C=O) groups is 1. The molecule has 2 aromatic rings. The lowest BCUT2D eigenvalue weighted by atomic mass is 10.2. The summed E-state index contributed by atoms with van der Waals surface area (Å²) >= 11 is 16.9. The molecule has 2 aromatic carbocycles. The van der Waals surface area contributed by atoms with Crippen molar-refractivity contribution in [2.75, 3.05) is 19.0 Å². The molecule has 0 aromatic heterocycles. The van der Waals surface area contributed by atoms with E-state index < -0.39 is 4.92 Å². The van der Waals surface area contributed by atoms with Gasteiger partial charge in [0.15, 0.2) is 5.11 Å². The zero-order valence-corrected chi connectivity index (χ0v) is 17.6. The summed E-state index contributed by atoms with van der Waals surface area (Å²) in [6.07, 6.45) is 0.576. The van der Waals surface area contributed by atoms with Gasteiger partial charge in [0.25, 0.3) is 5.69 Å². The minimum atomic E-state index is -0.542. The number of nitro groups is 1. The Morgan fingerprint density at radius 2 is 1.93 bits per heavy atom. The van der Waals surface area contributed by atoms with Gasteiger partial charge < -0.3 is 20.1 Å². The van der Waals surface area contributed by atoms with Crippen molar-refractivity contribution in [2.45, 2.75) is 12.8 Å². The molecule has 0 spiro atoms. The molecule has 29 heavy (non-hydrogen) atoms. The average Bonchev–Trinajstić information content (AvgIpc) is 2.66. The van der Waals surface area contributed by atoms with Gasteiger partial charge in [-0.1, -0.05) is 23.2 Å². The first kappa shape index (κ1) is 22.7. The van der Waals surface area contributed by atoms with Gasteiger partial charge in [0.2, 0.25) is 5.91 Å². The number of thiocarbonyl (C=S) groups is 1. The molecule has 0 atom stereocenters. The van der Waals surface area contributed by atoms with Gasteiger partial charge in [-0.3, -0.25) is 14.9 Å². The standard InChI is InChI=1S/C18H17Cl2N3O5S/c1-27-16-7-5-12(23(25)26)10-14(16)21-18(29)22-17(24)3-2-8-28-15-6-4-11(19)9-13(15)20/h4-7,9-10H,2-3,8H2,1H3,(H2,21,22,24,29). The second-order valence-electron chi connectivity index (χ2n) is 5.67. The van der Waals surface area contributed by atoms with Crippen molar-refractivity contribution in [2.24, 2.45) is 0 Å². The van der Waals surface area contributed by atoms with Gasteiger partial charge >= 0.3 is 0 Å². The molecule has 0 saturated carbocycles. The Kier molecular flexibility index (Phi) is 8.44. The van der Waals surface area contributed by atoms with Gasteiger partial charge in [0.05, 0.1) is 29.4 Å². The fraction of sp³-hybridized carbons (Fsp3) is 0.222. The molecule has 0 saturated heterocycles. The molecule has 11 heteroatoms. The van der Waals surface area contributed by atoms with E-state index in [0.717, 1.165) is 0 Å². The van der Waals surface area contributed by atoms with Crippen LogP contribution in [0.15, 0.2) is 36.4 Å². The summed E-state index contributed by atoms with van der Waals surface area (Å²) in [6, 6.07) is 8.87. The summed E-state index contributed by atoms with van der Waals surface area (Å²) in [6.45, 7) is 0.271. The van der Waals surface area contributed by atoms with Crippen LogP contribution in [0.2, 0.25) is 10.0 Å². The quantitative estimate of drug-likeness (QED) is 0.258. The number of nitrogens with zero attached hydrogens (tertiary/aromatic N) is 1. The first-order valence-corrected chi connectivity index (χ1v) is 9.47. The Balaban J connectivity index is 1.81. The monoisotopic (exact) mass is 457 g/mol. The van der Waals surface area contributed by atoms with Gasteiger partial charge in [-0.05, 0) is 42.9 Å². The van der Waals surface area contributed by atoms with E-state index in [1.807, 2.05) is 0 Å². The number of nitro benzene ring substituents is 1. The molecule has 0 radical (unpaired) electrons. The van der Waals surface area contributed by atoms with Crippen molar-refractivity contribution < 1.29 is 19.2 Å². The normalized spacial score (nSPS) is 10.2. The number of carbonyl (C=O) groups excluding carboxylic acids is 1. The zero-order chi connectivity index (χ0) is 21.4. The number of hydrogen-bond acceptors (Lipinski definition) is 6. The Hall–Kier alpha value is -2.62. The van der Waals surface area contributed by atoms with E-state index in [0.29, 0.717) is 28.0 Å². The van der Waals surface area contributed by atoms with Crippen LogP contribution in [0.25, 0.3) is 0 Å². The van der Waals surface area contributed by atoms with Crippen LogP contribution in [0, 0.1) is 10.1 Å². The molecule has 2 rings (SSSR count). The second kappa shape index (κ2) is 10.8. The molecule has 0 fully saturated rings. The van der Waals surface area contributed by atoms with E-state index >= 15 is 0 Å². The van der Waals surface area contributed by atoms with E-state index in [1.165, 1.54) is 25.3 Å². The number of amides is 1. The van der Waals surface area contributed by atoms with Gasteiger partial charge in [0.1, 0.15) is 11.5 Å². The van der Waals surface area contributed by atoms with E-state index in [-0.39, 0.29) is 35.4 Å². The molecule has 0 aliphatic rings. The van der Waals surface area contributed by atoms with Crippen LogP contribution < -0.4 is 20.1 Å². The summed E-state index contributed by atoms with van der Waals surface area (Å²) in [5.74, 6) is 0.490. The Labute approximate surface area is 182 Å². The summed E-state index contributed by atoms with van der Waals surface area (Å²) in [5, 5.41) is 17.0. The Morgan fingerprint density at radius 1 is 1.21 bits per heavy atom. The summed E-state index contributed by atoms with van der Waals surface area (Å²) in [4.78, 5) is 22.4. The highest BCUT2D eigenvalue weighted by Gasteiger charge is 2.13. The predicted molar refractivity (Wildman–Crippen MR) is 115 cm³/mol. The van der Waals surface area contributed by atoms with Crippen LogP contribution in [0.5, 0.6) is 11.5 Å². The second-order valence-corrected chi connectivity index (χ2v) is 6.92. The number of anilines is 1. The number of nitrogens with one attached hydrogen (secondary N) is 2. The van der Waals surface area contributed by atoms with Gasteiger partial charge in [0, 0.05) is 23.6 Å². The third kappa shape index (κ3) is 7.04. The van der Waals surface area contributed by atoms with E-state index in [4.69, 9.17) is 44.9 Å². The van der Waals surface area contributed by atoms with Crippen LogP contribution >= 0.6 is 35.4 Å². The molecular formula is C18H17Cl2N3O5S. The first-order chi connectivity index (χ1) is 13.8. The highest BCUT2D eigenvalue weighted by Crippen LogP contribution is 2.29.